The molecule has 0 saturated carbocycles. The highest BCUT2D eigenvalue weighted by Crippen LogP contribution is 2.22. The first-order valence-electron chi connectivity index (χ1n) is 6.08. The minimum Gasteiger partial charge on any atom is -0.398 e. The second kappa shape index (κ2) is 5.45. The van der Waals surface area contributed by atoms with Crippen LogP contribution in [0.15, 0.2) is 47.4 Å². The van der Waals surface area contributed by atoms with Gasteiger partial charge in [-0.1, -0.05) is 12.1 Å². The average molecular weight is 305 g/mol. The van der Waals surface area contributed by atoms with Gasteiger partial charge in [0.25, 0.3) is 10.0 Å². The van der Waals surface area contributed by atoms with Crippen LogP contribution in [0.4, 0.5) is 11.4 Å². The zero-order valence-electron chi connectivity index (χ0n) is 11.3. The Morgan fingerprint density at radius 2 is 1.86 bits per heavy atom. The molecule has 110 valence electrons. The molecule has 0 saturated heterocycles. The summed E-state index contributed by atoms with van der Waals surface area (Å²) in [6.45, 7) is 1.82. The highest BCUT2D eigenvalue weighted by atomic mass is 32.2. The number of nitrogens with two attached hydrogens (primary N) is 2. The molecule has 0 atom stereocenters. The van der Waals surface area contributed by atoms with E-state index in [1.807, 2.05) is 6.92 Å². The molecule has 2 aromatic rings. The number of amides is 1. The molecule has 5 N–H and O–H groups in total. The fourth-order valence-corrected chi connectivity index (χ4v) is 3.02. The van der Waals surface area contributed by atoms with E-state index in [1.165, 1.54) is 30.3 Å². The van der Waals surface area contributed by atoms with Crippen LogP contribution in [0.3, 0.4) is 0 Å². The van der Waals surface area contributed by atoms with Crippen molar-refractivity contribution in [1.29, 1.82) is 0 Å². The van der Waals surface area contributed by atoms with E-state index in [9.17, 15) is 13.2 Å². The van der Waals surface area contributed by atoms with E-state index in [4.69, 9.17) is 11.5 Å². The van der Waals surface area contributed by atoms with Crippen molar-refractivity contribution in [2.24, 2.45) is 5.73 Å². The third-order valence-electron chi connectivity index (χ3n) is 2.85. The zero-order chi connectivity index (χ0) is 15.6. The van der Waals surface area contributed by atoms with E-state index in [0.717, 1.165) is 5.56 Å². The molecule has 1 amide bonds. The Labute approximate surface area is 122 Å². The molecule has 0 aliphatic rings. The molecule has 21 heavy (non-hydrogen) atoms. The molecule has 0 aliphatic heterocycles. The van der Waals surface area contributed by atoms with Crippen LogP contribution in [0.5, 0.6) is 0 Å². The number of hydrogen-bond donors (Lipinski definition) is 3. The monoisotopic (exact) mass is 305 g/mol. The Kier molecular flexibility index (Phi) is 3.86. The molecule has 0 aliphatic carbocycles. The Morgan fingerprint density at radius 3 is 2.48 bits per heavy atom. The molecule has 6 nitrogen and oxygen atoms in total. The van der Waals surface area contributed by atoms with Gasteiger partial charge in [-0.25, -0.2) is 8.42 Å². The Hall–Kier alpha value is -2.54. The van der Waals surface area contributed by atoms with Crippen LogP contribution in [0.2, 0.25) is 0 Å². The van der Waals surface area contributed by atoms with Gasteiger partial charge in [0.05, 0.1) is 5.69 Å². The van der Waals surface area contributed by atoms with Crippen LogP contribution in [-0.2, 0) is 10.0 Å². The number of benzene rings is 2. The number of rotatable bonds is 4. The summed E-state index contributed by atoms with van der Waals surface area (Å²) in [5, 5.41) is 0. The maximum absolute atomic E-state index is 12.3. The number of hydrogen-bond acceptors (Lipinski definition) is 4. The van der Waals surface area contributed by atoms with Gasteiger partial charge >= 0.3 is 0 Å². The first-order chi connectivity index (χ1) is 9.79. The standard InChI is InChI=1S/C14H15N3O3S/c1-9-5-6-13(12(15)7-9)21(19,20)17-11-4-2-3-10(8-11)14(16)18/h2-8,17H,15H2,1H3,(H2,16,18). The second-order valence-corrected chi connectivity index (χ2v) is 6.24. The number of aryl methyl sites for hydroxylation is 1. The van der Waals surface area contributed by atoms with E-state index in [0.29, 0.717) is 0 Å². The van der Waals surface area contributed by atoms with Crippen molar-refractivity contribution < 1.29 is 13.2 Å². The van der Waals surface area contributed by atoms with E-state index >= 15 is 0 Å². The summed E-state index contributed by atoms with van der Waals surface area (Å²) in [4.78, 5) is 11.1. The number of anilines is 2. The normalized spacial score (nSPS) is 11.1. The van der Waals surface area contributed by atoms with E-state index in [1.54, 1.807) is 12.1 Å². The lowest BCUT2D eigenvalue weighted by Gasteiger charge is -2.11. The number of nitrogens with one attached hydrogen (secondary N) is 1. The van der Waals surface area contributed by atoms with Crippen LogP contribution < -0.4 is 16.2 Å². The number of primary amides is 1. The highest BCUT2D eigenvalue weighted by Gasteiger charge is 2.17. The Morgan fingerprint density at radius 1 is 1.14 bits per heavy atom. The smallest absolute Gasteiger partial charge is 0.263 e. The molecule has 7 heteroatoms. The number of nitrogen functional groups attached to an aromatic ring is 1. The predicted octanol–water partition coefficient (Wildman–Crippen LogP) is 1.48. The van der Waals surface area contributed by atoms with Gasteiger partial charge in [0, 0.05) is 11.3 Å². The van der Waals surface area contributed by atoms with Crippen molar-refractivity contribution >= 4 is 27.3 Å². The minimum absolute atomic E-state index is 0.0161. The van der Waals surface area contributed by atoms with E-state index in [-0.39, 0.29) is 21.8 Å². The molecule has 0 unspecified atom stereocenters. The number of carbonyl (C=O) groups excluding carboxylic acids is 1. The molecule has 0 radical (unpaired) electrons. The fraction of sp³-hybridized carbons (Fsp3) is 0.0714. The summed E-state index contributed by atoms with van der Waals surface area (Å²) < 4.78 is 27.0. The van der Waals surface area contributed by atoms with Crippen molar-refractivity contribution in [3.8, 4) is 0 Å². The second-order valence-electron chi connectivity index (χ2n) is 4.59. The van der Waals surface area contributed by atoms with Gasteiger partial charge in [-0.3, -0.25) is 9.52 Å². The highest BCUT2D eigenvalue weighted by molar-refractivity contribution is 7.92. The van der Waals surface area contributed by atoms with Crippen molar-refractivity contribution in [3.05, 3.63) is 53.6 Å². The van der Waals surface area contributed by atoms with Gasteiger partial charge in [0.15, 0.2) is 0 Å². The van der Waals surface area contributed by atoms with Gasteiger partial charge in [0.1, 0.15) is 4.90 Å². The molecular formula is C14H15N3O3S. The summed E-state index contributed by atoms with van der Waals surface area (Å²) in [5.41, 5.74) is 12.4. The summed E-state index contributed by atoms with van der Waals surface area (Å²) in [6.07, 6.45) is 0. The lowest BCUT2D eigenvalue weighted by Crippen LogP contribution is -2.16. The SMILES string of the molecule is Cc1ccc(S(=O)(=O)Nc2cccc(C(N)=O)c2)c(N)c1. The maximum atomic E-state index is 12.3. The van der Waals surface area contributed by atoms with Gasteiger partial charge in [-0.05, 0) is 42.8 Å². The Bertz CT molecular complexity index is 801. The Balaban J connectivity index is 2.37. The van der Waals surface area contributed by atoms with Crippen molar-refractivity contribution in [2.75, 3.05) is 10.5 Å². The van der Waals surface area contributed by atoms with Crippen LogP contribution in [0.25, 0.3) is 0 Å². The van der Waals surface area contributed by atoms with Gasteiger partial charge in [-0.15, -0.1) is 0 Å². The molecule has 0 spiro atoms. The van der Waals surface area contributed by atoms with Crippen molar-refractivity contribution in [1.82, 2.24) is 0 Å². The molecular weight excluding hydrogens is 290 g/mol. The molecule has 2 rings (SSSR count). The lowest BCUT2D eigenvalue weighted by atomic mass is 10.2. The minimum atomic E-state index is -3.83. The predicted molar refractivity (Wildman–Crippen MR) is 81.4 cm³/mol. The fourth-order valence-electron chi connectivity index (χ4n) is 1.86. The summed E-state index contributed by atoms with van der Waals surface area (Å²) in [5.74, 6) is -0.633. The zero-order valence-corrected chi connectivity index (χ0v) is 12.1. The first kappa shape index (κ1) is 14.9. The van der Waals surface area contributed by atoms with Gasteiger partial charge < -0.3 is 11.5 Å². The van der Waals surface area contributed by atoms with E-state index in [2.05, 4.69) is 4.72 Å². The van der Waals surface area contributed by atoms with Crippen molar-refractivity contribution in [2.45, 2.75) is 11.8 Å². The number of carbonyl (C=O) groups is 1. The maximum Gasteiger partial charge on any atom is 0.263 e. The topological polar surface area (TPSA) is 115 Å². The van der Waals surface area contributed by atoms with Crippen molar-refractivity contribution in [3.63, 3.8) is 0 Å². The summed E-state index contributed by atoms with van der Waals surface area (Å²) in [6, 6.07) is 10.6. The third kappa shape index (κ3) is 3.32. The van der Waals surface area contributed by atoms with Crippen LogP contribution in [0, 0.1) is 6.92 Å². The molecule has 0 heterocycles. The third-order valence-corrected chi connectivity index (χ3v) is 4.31. The van der Waals surface area contributed by atoms with Crippen LogP contribution in [-0.4, -0.2) is 14.3 Å². The lowest BCUT2D eigenvalue weighted by molar-refractivity contribution is 0.100. The van der Waals surface area contributed by atoms with E-state index < -0.39 is 15.9 Å². The molecule has 0 aromatic heterocycles. The first-order valence-corrected chi connectivity index (χ1v) is 7.57. The van der Waals surface area contributed by atoms with Gasteiger partial charge in [0.2, 0.25) is 5.91 Å². The number of sulfonamides is 1. The van der Waals surface area contributed by atoms with Crippen LogP contribution in [0.1, 0.15) is 15.9 Å². The van der Waals surface area contributed by atoms with Gasteiger partial charge in [-0.2, -0.15) is 0 Å². The van der Waals surface area contributed by atoms with Crippen LogP contribution >= 0.6 is 0 Å². The average Bonchev–Trinajstić information content (AvgIpc) is 2.37. The molecule has 2 aromatic carbocycles. The molecule has 0 bridgehead atoms. The molecule has 0 fully saturated rings. The summed E-state index contributed by atoms with van der Waals surface area (Å²) >= 11 is 0. The quantitative estimate of drug-likeness (QED) is 0.742. The largest absolute Gasteiger partial charge is 0.398 e. The summed E-state index contributed by atoms with van der Waals surface area (Å²) in [7, 11) is -3.83.